The molecule has 5 nitrogen and oxygen atoms in total. The second-order valence-electron chi connectivity index (χ2n) is 6.71. The predicted octanol–water partition coefficient (Wildman–Crippen LogP) is 1.41. The molecule has 2 amide bonds. The molecule has 1 atom stereocenters. The van der Waals surface area contributed by atoms with Crippen molar-refractivity contribution in [2.75, 3.05) is 32.7 Å². The van der Waals surface area contributed by atoms with Crippen LogP contribution in [0.25, 0.3) is 0 Å². The quantitative estimate of drug-likeness (QED) is 0.852. The van der Waals surface area contributed by atoms with Gasteiger partial charge < -0.3 is 15.1 Å². The van der Waals surface area contributed by atoms with E-state index in [2.05, 4.69) is 5.32 Å². The minimum absolute atomic E-state index is 0. The Morgan fingerprint density at radius 3 is 2.18 bits per heavy atom. The SMILES string of the molecule is Cl.O=C(CC1CCN(C(=O)C2CCCN2)CC1)N1CCCC1. The molecule has 22 heavy (non-hydrogen) atoms. The maximum Gasteiger partial charge on any atom is 0.239 e. The zero-order valence-corrected chi connectivity index (χ0v) is 14.1. The summed E-state index contributed by atoms with van der Waals surface area (Å²) < 4.78 is 0. The number of amides is 2. The molecule has 0 aliphatic carbocycles. The zero-order chi connectivity index (χ0) is 14.7. The van der Waals surface area contributed by atoms with Gasteiger partial charge in [0.2, 0.25) is 11.8 Å². The predicted molar refractivity (Wildman–Crippen MR) is 88.0 cm³/mol. The molecule has 0 radical (unpaired) electrons. The normalized spacial score (nSPS) is 26.1. The molecule has 6 heteroatoms. The van der Waals surface area contributed by atoms with Crippen molar-refractivity contribution >= 4 is 24.2 Å². The van der Waals surface area contributed by atoms with Gasteiger partial charge in [0.05, 0.1) is 6.04 Å². The second kappa shape index (κ2) is 8.16. The molecule has 0 saturated carbocycles. The van der Waals surface area contributed by atoms with Crippen LogP contribution in [-0.4, -0.2) is 60.4 Å². The average Bonchev–Trinajstić information content (AvgIpc) is 3.20. The lowest BCUT2D eigenvalue weighted by atomic mass is 9.92. The smallest absolute Gasteiger partial charge is 0.239 e. The highest BCUT2D eigenvalue weighted by atomic mass is 35.5. The molecule has 3 rings (SSSR count). The molecular formula is C16H28ClN3O2. The van der Waals surface area contributed by atoms with Crippen LogP contribution < -0.4 is 5.32 Å². The van der Waals surface area contributed by atoms with E-state index in [1.807, 2.05) is 9.80 Å². The Bertz CT molecular complexity index is 385. The summed E-state index contributed by atoms with van der Waals surface area (Å²) in [5.74, 6) is 1.07. The van der Waals surface area contributed by atoms with Gasteiger partial charge in [0, 0.05) is 32.6 Å². The molecular weight excluding hydrogens is 302 g/mol. The molecule has 3 fully saturated rings. The van der Waals surface area contributed by atoms with E-state index in [1.54, 1.807) is 0 Å². The van der Waals surface area contributed by atoms with E-state index in [-0.39, 0.29) is 24.4 Å². The third-order valence-corrected chi connectivity index (χ3v) is 5.21. The lowest BCUT2D eigenvalue weighted by Gasteiger charge is -2.34. The van der Waals surface area contributed by atoms with Crippen molar-refractivity contribution in [3.05, 3.63) is 0 Å². The number of halogens is 1. The van der Waals surface area contributed by atoms with Crippen LogP contribution in [0.2, 0.25) is 0 Å². The Morgan fingerprint density at radius 1 is 0.909 bits per heavy atom. The molecule has 0 bridgehead atoms. The lowest BCUT2D eigenvalue weighted by molar-refractivity contribution is -0.135. The van der Waals surface area contributed by atoms with Gasteiger partial charge in [-0.1, -0.05) is 0 Å². The Labute approximate surface area is 139 Å². The van der Waals surface area contributed by atoms with E-state index in [4.69, 9.17) is 0 Å². The highest BCUT2D eigenvalue weighted by Gasteiger charge is 2.31. The summed E-state index contributed by atoms with van der Waals surface area (Å²) >= 11 is 0. The summed E-state index contributed by atoms with van der Waals surface area (Å²) in [6.07, 6.45) is 7.06. The van der Waals surface area contributed by atoms with E-state index in [9.17, 15) is 9.59 Å². The van der Waals surface area contributed by atoms with Gasteiger partial charge in [-0.05, 0) is 51.0 Å². The maximum atomic E-state index is 12.3. The largest absolute Gasteiger partial charge is 0.343 e. The fourth-order valence-corrected chi connectivity index (χ4v) is 3.82. The van der Waals surface area contributed by atoms with E-state index in [0.29, 0.717) is 18.2 Å². The van der Waals surface area contributed by atoms with E-state index in [1.165, 1.54) is 0 Å². The molecule has 3 saturated heterocycles. The van der Waals surface area contributed by atoms with Gasteiger partial charge in [-0.25, -0.2) is 0 Å². The number of rotatable bonds is 3. The van der Waals surface area contributed by atoms with E-state index >= 15 is 0 Å². The van der Waals surface area contributed by atoms with Gasteiger partial charge in [0.15, 0.2) is 0 Å². The van der Waals surface area contributed by atoms with Crippen molar-refractivity contribution in [2.45, 2.75) is 51.0 Å². The van der Waals surface area contributed by atoms with Crippen LogP contribution in [0.15, 0.2) is 0 Å². The maximum absolute atomic E-state index is 12.3. The van der Waals surface area contributed by atoms with Crippen LogP contribution >= 0.6 is 12.4 Å². The minimum Gasteiger partial charge on any atom is -0.343 e. The molecule has 0 spiro atoms. The van der Waals surface area contributed by atoms with E-state index < -0.39 is 0 Å². The first-order valence-electron chi connectivity index (χ1n) is 8.54. The van der Waals surface area contributed by atoms with Crippen LogP contribution in [-0.2, 0) is 9.59 Å². The molecule has 0 aromatic rings. The van der Waals surface area contributed by atoms with Gasteiger partial charge in [0.1, 0.15) is 0 Å². The van der Waals surface area contributed by atoms with Crippen LogP contribution in [0.5, 0.6) is 0 Å². The number of hydrogen-bond acceptors (Lipinski definition) is 3. The summed E-state index contributed by atoms with van der Waals surface area (Å²) in [6.45, 7) is 4.52. The summed E-state index contributed by atoms with van der Waals surface area (Å²) in [6, 6.07) is 0.0489. The molecule has 3 aliphatic heterocycles. The third-order valence-electron chi connectivity index (χ3n) is 5.21. The van der Waals surface area contributed by atoms with Crippen molar-refractivity contribution in [1.82, 2.24) is 15.1 Å². The number of carbonyl (C=O) groups is 2. The van der Waals surface area contributed by atoms with Crippen LogP contribution in [0, 0.1) is 5.92 Å². The summed E-state index contributed by atoms with van der Waals surface area (Å²) in [5.41, 5.74) is 0. The highest BCUT2D eigenvalue weighted by molar-refractivity contribution is 5.85. The van der Waals surface area contributed by atoms with E-state index in [0.717, 1.165) is 71.2 Å². The summed E-state index contributed by atoms with van der Waals surface area (Å²) in [4.78, 5) is 28.5. The highest BCUT2D eigenvalue weighted by Crippen LogP contribution is 2.23. The number of likely N-dealkylation sites (tertiary alicyclic amines) is 2. The average molecular weight is 330 g/mol. The number of piperidine rings is 1. The number of nitrogens with one attached hydrogen (secondary N) is 1. The van der Waals surface area contributed by atoms with Crippen molar-refractivity contribution in [3.8, 4) is 0 Å². The standard InChI is InChI=1S/C16H27N3O2.ClH/c20-15(18-8-1-2-9-18)12-13-5-10-19(11-6-13)16(21)14-4-3-7-17-14;/h13-14,17H,1-12H2;1H. The molecule has 126 valence electrons. The number of hydrogen-bond donors (Lipinski definition) is 1. The van der Waals surface area contributed by atoms with Crippen molar-refractivity contribution < 1.29 is 9.59 Å². The third kappa shape index (κ3) is 4.13. The molecule has 1 N–H and O–H groups in total. The molecule has 3 aliphatic rings. The van der Waals surface area contributed by atoms with Crippen molar-refractivity contribution in [3.63, 3.8) is 0 Å². The Hall–Kier alpha value is -0.810. The van der Waals surface area contributed by atoms with Gasteiger partial charge in [-0.3, -0.25) is 9.59 Å². The van der Waals surface area contributed by atoms with Crippen LogP contribution in [0.4, 0.5) is 0 Å². The van der Waals surface area contributed by atoms with Gasteiger partial charge in [-0.15, -0.1) is 12.4 Å². The molecule has 1 unspecified atom stereocenters. The number of nitrogens with zero attached hydrogens (tertiary/aromatic N) is 2. The second-order valence-corrected chi connectivity index (χ2v) is 6.71. The number of carbonyl (C=O) groups excluding carboxylic acids is 2. The first-order valence-corrected chi connectivity index (χ1v) is 8.54. The summed E-state index contributed by atoms with van der Waals surface area (Å²) in [5, 5.41) is 3.28. The van der Waals surface area contributed by atoms with Crippen LogP contribution in [0.1, 0.15) is 44.9 Å². The molecule has 0 aromatic carbocycles. The zero-order valence-electron chi connectivity index (χ0n) is 13.3. The van der Waals surface area contributed by atoms with Crippen molar-refractivity contribution in [2.24, 2.45) is 5.92 Å². The van der Waals surface area contributed by atoms with Crippen molar-refractivity contribution in [1.29, 1.82) is 0 Å². The Morgan fingerprint density at radius 2 is 1.59 bits per heavy atom. The fourth-order valence-electron chi connectivity index (χ4n) is 3.82. The first-order chi connectivity index (χ1) is 10.2. The topological polar surface area (TPSA) is 52.7 Å². The van der Waals surface area contributed by atoms with Gasteiger partial charge >= 0.3 is 0 Å². The molecule has 0 aromatic heterocycles. The lowest BCUT2D eigenvalue weighted by Crippen LogP contribution is -2.47. The van der Waals surface area contributed by atoms with Gasteiger partial charge in [-0.2, -0.15) is 0 Å². The Kier molecular flexibility index (Phi) is 6.50. The fraction of sp³-hybridized carbons (Fsp3) is 0.875. The minimum atomic E-state index is 0. The molecule has 3 heterocycles. The van der Waals surface area contributed by atoms with Crippen LogP contribution in [0.3, 0.4) is 0 Å². The Balaban J connectivity index is 0.00000176. The monoisotopic (exact) mass is 329 g/mol. The summed E-state index contributed by atoms with van der Waals surface area (Å²) in [7, 11) is 0. The van der Waals surface area contributed by atoms with Gasteiger partial charge in [0.25, 0.3) is 0 Å². The first kappa shape index (κ1) is 17.5.